The maximum Gasteiger partial charge on any atom is 0.141 e. The van der Waals surface area contributed by atoms with E-state index in [2.05, 4.69) is 11.8 Å². The molecule has 1 nitrogen and oxygen atoms in total. The van der Waals surface area contributed by atoms with Crippen molar-refractivity contribution < 1.29 is 5.11 Å². The summed E-state index contributed by atoms with van der Waals surface area (Å²) in [5.74, 6) is 5.44. The van der Waals surface area contributed by atoms with Gasteiger partial charge >= 0.3 is 0 Å². The number of hydrogen-bond donors (Lipinski definition) is 1. The molecule has 0 spiro atoms. The predicted molar refractivity (Wildman–Crippen MR) is 41.9 cm³/mol. The van der Waals surface area contributed by atoms with Crippen LogP contribution in [0.2, 0.25) is 0 Å². The number of alkyl halides is 1. The van der Waals surface area contributed by atoms with Gasteiger partial charge in [0.05, 0.1) is 5.38 Å². The molecule has 56 valence electrons. The fourth-order valence-corrected chi connectivity index (χ4v) is 1.62. The fraction of sp³-hybridized carbons (Fsp3) is 0.750. The minimum atomic E-state index is -0.893. The normalized spacial score (nSPS) is 38.9. The summed E-state index contributed by atoms with van der Waals surface area (Å²) < 4.78 is 0. The smallest absolute Gasteiger partial charge is 0.141 e. The second-order valence-corrected chi connectivity index (χ2v) is 3.19. The standard InChI is InChI=1S/C8H11ClO/c1-2-5-8(10)6-3-4-7(8)9/h7,10H,3-4,6H2,1H3. The number of rotatable bonds is 0. The zero-order chi connectivity index (χ0) is 7.61. The molecule has 0 radical (unpaired) electrons. The van der Waals surface area contributed by atoms with Crippen molar-refractivity contribution in [1.29, 1.82) is 0 Å². The van der Waals surface area contributed by atoms with E-state index >= 15 is 0 Å². The van der Waals surface area contributed by atoms with E-state index in [9.17, 15) is 5.11 Å². The highest BCUT2D eigenvalue weighted by Crippen LogP contribution is 2.33. The van der Waals surface area contributed by atoms with Crippen molar-refractivity contribution in [2.45, 2.75) is 37.2 Å². The maximum atomic E-state index is 9.65. The van der Waals surface area contributed by atoms with Gasteiger partial charge in [0.25, 0.3) is 0 Å². The van der Waals surface area contributed by atoms with Crippen molar-refractivity contribution >= 4 is 11.6 Å². The quantitative estimate of drug-likeness (QED) is 0.419. The van der Waals surface area contributed by atoms with E-state index < -0.39 is 5.60 Å². The lowest BCUT2D eigenvalue weighted by Gasteiger charge is -2.18. The van der Waals surface area contributed by atoms with Gasteiger partial charge in [-0.15, -0.1) is 17.5 Å². The lowest BCUT2D eigenvalue weighted by molar-refractivity contribution is 0.113. The molecule has 10 heavy (non-hydrogen) atoms. The fourth-order valence-electron chi connectivity index (χ4n) is 1.30. The van der Waals surface area contributed by atoms with Crippen molar-refractivity contribution in [3.63, 3.8) is 0 Å². The third kappa shape index (κ3) is 1.28. The minimum Gasteiger partial charge on any atom is -0.376 e. The van der Waals surface area contributed by atoms with E-state index in [1.807, 2.05) is 0 Å². The maximum absolute atomic E-state index is 9.65. The first kappa shape index (κ1) is 7.91. The lowest BCUT2D eigenvalue weighted by atomic mass is 10.0. The Labute approximate surface area is 66.4 Å². The van der Waals surface area contributed by atoms with Gasteiger partial charge in [-0.2, -0.15) is 0 Å². The molecule has 1 N–H and O–H groups in total. The molecular formula is C8H11ClO. The van der Waals surface area contributed by atoms with Crippen LogP contribution in [0.25, 0.3) is 0 Å². The van der Waals surface area contributed by atoms with E-state index in [-0.39, 0.29) is 5.38 Å². The molecule has 1 aliphatic rings. The highest BCUT2D eigenvalue weighted by atomic mass is 35.5. The van der Waals surface area contributed by atoms with Gasteiger partial charge in [0, 0.05) is 0 Å². The minimum absolute atomic E-state index is 0.167. The molecule has 2 heteroatoms. The van der Waals surface area contributed by atoms with Gasteiger partial charge in [0.15, 0.2) is 0 Å². The first-order chi connectivity index (χ1) is 4.69. The van der Waals surface area contributed by atoms with E-state index in [0.717, 1.165) is 19.3 Å². The molecule has 0 saturated heterocycles. The first-order valence-corrected chi connectivity index (χ1v) is 3.93. The summed E-state index contributed by atoms with van der Waals surface area (Å²) >= 11 is 5.85. The summed E-state index contributed by atoms with van der Waals surface area (Å²) in [7, 11) is 0. The van der Waals surface area contributed by atoms with Gasteiger partial charge in [-0.3, -0.25) is 0 Å². The van der Waals surface area contributed by atoms with E-state index in [4.69, 9.17) is 11.6 Å². The van der Waals surface area contributed by atoms with Crippen LogP contribution >= 0.6 is 11.6 Å². The zero-order valence-electron chi connectivity index (χ0n) is 6.02. The Balaban J connectivity index is 2.72. The monoisotopic (exact) mass is 158 g/mol. The second-order valence-electron chi connectivity index (χ2n) is 2.66. The van der Waals surface area contributed by atoms with Crippen molar-refractivity contribution in [2.75, 3.05) is 0 Å². The molecule has 0 aromatic heterocycles. The average molecular weight is 159 g/mol. The molecule has 0 aliphatic heterocycles. The largest absolute Gasteiger partial charge is 0.376 e. The van der Waals surface area contributed by atoms with Crippen LogP contribution in [0.3, 0.4) is 0 Å². The van der Waals surface area contributed by atoms with Gasteiger partial charge in [0.2, 0.25) is 0 Å². The van der Waals surface area contributed by atoms with Crippen LogP contribution < -0.4 is 0 Å². The molecule has 0 aromatic rings. The molecule has 1 saturated carbocycles. The van der Waals surface area contributed by atoms with Crippen molar-refractivity contribution in [3.05, 3.63) is 0 Å². The second kappa shape index (κ2) is 2.82. The molecule has 1 rings (SSSR count). The van der Waals surface area contributed by atoms with E-state index in [0.29, 0.717) is 0 Å². The Kier molecular flexibility index (Phi) is 2.23. The first-order valence-electron chi connectivity index (χ1n) is 3.49. The van der Waals surface area contributed by atoms with Gasteiger partial charge < -0.3 is 5.11 Å². The summed E-state index contributed by atoms with van der Waals surface area (Å²) in [6, 6.07) is 0. The molecule has 0 heterocycles. The Morgan fingerprint density at radius 3 is 2.80 bits per heavy atom. The van der Waals surface area contributed by atoms with Crippen LogP contribution in [0.15, 0.2) is 0 Å². The van der Waals surface area contributed by atoms with E-state index in [1.165, 1.54) is 0 Å². The Bertz CT molecular complexity index is 179. The van der Waals surface area contributed by atoms with Gasteiger partial charge in [-0.1, -0.05) is 5.92 Å². The summed E-state index contributed by atoms with van der Waals surface area (Å²) in [6.45, 7) is 1.72. The number of hydrogen-bond acceptors (Lipinski definition) is 1. The van der Waals surface area contributed by atoms with Gasteiger partial charge in [-0.25, -0.2) is 0 Å². The molecule has 2 atom stereocenters. The Morgan fingerprint density at radius 2 is 2.40 bits per heavy atom. The zero-order valence-corrected chi connectivity index (χ0v) is 6.78. The van der Waals surface area contributed by atoms with Crippen LogP contribution in [0, 0.1) is 11.8 Å². The molecule has 2 unspecified atom stereocenters. The third-order valence-corrected chi connectivity index (χ3v) is 2.45. The molecule has 0 aromatic carbocycles. The Morgan fingerprint density at radius 1 is 1.70 bits per heavy atom. The third-order valence-electron chi connectivity index (χ3n) is 1.88. The number of halogens is 1. The van der Waals surface area contributed by atoms with Gasteiger partial charge in [-0.05, 0) is 26.2 Å². The SMILES string of the molecule is CC#CC1(O)CCCC1Cl. The predicted octanol–water partition coefficient (Wildman–Crippen LogP) is 1.53. The van der Waals surface area contributed by atoms with Crippen LogP contribution in [-0.4, -0.2) is 16.1 Å². The lowest BCUT2D eigenvalue weighted by Crippen LogP contribution is -2.31. The highest BCUT2D eigenvalue weighted by Gasteiger charge is 2.38. The highest BCUT2D eigenvalue weighted by molar-refractivity contribution is 6.21. The van der Waals surface area contributed by atoms with Crippen molar-refractivity contribution in [2.24, 2.45) is 0 Å². The van der Waals surface area contributed by atoms with Crippen molar-refractivity contribution in [3.8, 4) is 11.8 Å². The molecular weight excluding hydrogens is 148 g/mol. The van der Waals surface area contributed by atoms with Crippen LogP contribution in [0.5, 0.6) is 0 Å². The summed E-state index contributed by atoms with van der Waals surface area (Å²) in [5, 5.41) is 9.49. The average Bonchev–Trinajstić information content (AvgIpc) is 2.15. The van der Waals surface area contributed by atoms with Crippen molar-refractivity contribution in [1.82, 2.24) is 0 Å². The van der Waals surface area contributed by atoms with E-state index in [1.54, 1.807) is 6.92 Å². The molecule has 1 aliphatic carbocycles. The topological polar surface area (TPSA) is 20.2 Å². The Hall–Kier alpha value is -0.190. The summed E-state index contributed by atoms with van der Waals surface area (Å²) in [4.78, 5) is 0. The van der Waals surface area contributed by atoms with Crippen LogP contribution in [-0.2, 0) is 0 Å². The molecule has 0 amide bonds. The van der Waals surface area contributed by atoms with Crippen LogP contribution in [0.4, 0.5) is 0 Å². The van der Waals surface area contributed by atoms with Gasteiger partial charge in [0.1, 0.15) is 5.60 Å². The molecule has 1 fully saturated rings. The number of aliphatic hydroxyl groups is 1. The van der Waals surface area contributed by atoms with Crippen LogP contribution in [0.1, 0.15) is 26.2 Å². The summed E-state index contributed by atoms with van der Waals surface area (Å²) in [6.07, 6.45) is 2.59. The molecule has 0 bridgehead atoms. The summed E-state index contributed by atoms with van der Waals surface area (Å²) in [5.41, 5.74) is -0.893.